The normalized spacial score (nSPS) is 10.9. The summed E-state index contributed by atoms with van der Waals surface area (Å²) in [7, 11) is 1.52. The summed E-state index contributed by atoms with van der Waals surface area (Å²) < 4.78 is 23.3. The average molecular weight is 395 g/mol. The topological polar surface area (TPSA) is 105 Å². The van der Waals surface area contributed by atoms with Crippen LogP contribution in [0.3, 0.4) is 0 Å². The summed E-state index contributed by atoms with van der Waals surface area (Å²) in [6.45, 7) is 1.27. The van der Waals surface area contributed by atoms with Crippen molar-refractivity contribution in [2.45, 2.75) is 13.6 Å². The summed E-state index contributed by atoms with van der Waals surface area (Å²) in [6.07, 6.45) is 1.67. The Balaban J connectivity index is 1.61. The number of halogens is 1. The molecule has 0 spiro atoms. The number of hydrogen-bond acceptors (Lipinski definition) is 7. The van der Waals surface area contributed by atoms with Crippen molar-refractivity contribution < 1.29 is 13.5 Å². The molecule has 0 aliphatic carbocycles. The van der Waals surface area contributed by atoms with Gasteiger partial charge in [-0.2, -0.15) is 4.98 Å². The van der Waals surface area contributed by atoms with Crippen LogP contribution in [0.5, 0.6) is 5.75 Å². The van der Waals surface area contributed by atoms with E-state index in [9.17, 15) is 9.18 Å². The van der Waals surface area contributed by atoms with E-state index in [0.717, 1.165) is 11.3 Å². The number of methoxy groups -OCH3 is 1. The molecule has 3 N–H and O–H groups in total. The third kappa shape index (κ3) is 4.03. The Hall–Kier alpha value is -3.88. The van der Waals surface area contributed by atoms with Crippen LogP contribution in [0.2, 0.25) is 0 Å². The Labute approximate surface area is 164 Å². The van der Waals surface area contributed by atoms with Crippen LogP contribution >= 0.6 is 0 Å². The number of aryl methyl sites for hydroxylation is 1. The minimum atomic E-state index is -0.605. The predicted molar refractivity (Wildman–Crippen MR) is 108 cm³/mol. The second kappa shape index (κ2) is 7.63. The largest absolute Gasteiger partial charge is 0.497 e. The zero-order valence-corrected chi connectivity index (χ0v) is 15.7. The number of hydrogen-bond donors (Lipinski definition) is 3. The second-order valence-electron chi connectivity index (χ2n) is 6.40. The van der Waals surface area contributed by atoms with Gasteiger partial charge in [-0.3, -0.25) is 4.98 Å². The van der Waals surface area contributed by atoms with Crippen molar-refractivity contribution in [2.75, 3.05) is 17.7 Å². The number of nitrogens with zero attached hydrogens (tertiary/aromatic N) is 2. The molecule has 4 rings (SSSR count). The number of nitrogens with one attached hydrogen (secondary N) is 3. The molecule has 4 aromatic rings. The number of aromatic nitrogens is 3. The molecule has 0 amide bonds. The second-order valence-corrected chi connectivity index (χ2v) is 6.40. The number of fused-ring (bicyclic) bond motifs is 1. The molecule has 0 fully saturated rings. The van der Waals surface area contributed by atoms with E-state index in [4.69, 9.17) is 9.15 Å². The molecule has 0 aliphatic heterocycles. The molecule has 0 saturated heterocycles. The van der Waals surface area contributed by atoms with Gasteiger partial charge >= 0.3 is 5.76 Å². The molecule has 0 radical (unpaired) electrons. The Bertz CT molecular complexity index is 1210. The van der Waals surface area contributed by atoms with Crippen molar-refractivity contribution in [1.29, 1.82) is 0 Å². The van der Waals surface area contributed by atoms with Gasteiger partial charge in [0.25, 0.3) is 0 Å². The van der Waals surface area contributed by atoms with E-state index >= 15 is 0 Å². The Kier molecular flexibility index (Phi) is 4.86. The van der Waals surface area contributed by atoms with E-state index in [2.05, 4.69) is 25.6 Å². The highest BCUT2D eigenvalue weighted by Gasteiger charge is 2.09. The van der Waals surface area contributed by atoms with E-state index in [1.165, 1.54) is 7.11 Å². The predicted octanol–water partition coefficient (Wildman–Crippen LogP) is 4.18. The molecule has 0 unspecified atom stereocenters. The van der Waals surface area contributed by atoms with Crippen molar-refractivity contribution in [3.05, 3.63) is 64.3 Å². The van der Waals surface area contributed by atoms with Crippen LogP contribution in [0.25, 0.3) is 11.1 Å². The third-order valence-electron chi connectivity index (χ3n) is 4.27. The number of oxazole rings is 1. The lowest BCUT2D eigenvalue weighted by atomic mass is 10.2. The first-order valence-electron chi connectivity index (χ1n) is 8.78. The van der Waals surface area contributed by atoms with E-state index < -0.39 is 12.4 Å². The van der Waals surface area contributed by atoms with Crippen LogP contribution in [-0.2, 0) is 6.67 Å². The molecule has 2 aromatic carbocycles. The summed E-state index contributed by atoms with van der Waals surface area (Å²) in [5.41, 5.74) is 3.71. The molecule has 2 heterocycles. The zero-order chi connectivity index (χ0) is 20.4. The standard InChI is InChI=1S/C20H18FN5O3/c1-11-10-22-19(24-14-5-12(9-21)6-15(7-14)28-2)26-18(11)23-13-3-4-17-16(8-13)25-20(27)29-17/h3-8,10H,9H2,1-2H3,(H,25,27)(H2,22,23,24,26). The summed E-state index contributed by atoms with van der Waals surface area (Å²) in [6, 6.07) is 10.3. The van der Waals surface area contributed by atoms with Crippen molar-refractivity contribution in [1.82, 2.24) is 15.0 Å². The number of ether oxygens (including phenoxy) is 1. The highest BCUT2D eigenvalue weighted by Crippen LogP contribution is 2.26. The summed E-state index contributed by atoms with van der Waals surface area (Å²) >= 11 is 0. The molecule has 9 heteroatoms. The van der Waals surface area contributed by atoms with Crippen LogP contribution in [0.1, 0.15) is 11.1 Å². The van der Waals surface area contributed by atoms with E-state index in [0.29, 0.717) is 39.9 Å². The maximum atomic E-state index is 13.1. The fourth-order valence-electron chi connectivity index (χ4n) is 2.85. The number of aromatic amines is 1. The molecule has 29 heavy (non-hydrogen) atoms. The molecule has 0 aliphatic rings. The molecule has 0 saturated carbocycles. The van der Waals surface area contributed by atoms with Crippen LogP contribution in [0.15, 0.2) is 51.8 Å². The molecule has 8 nitrogen and oxygen atoms in total. The van der Waals surface area contributed by atoms with E-state index in [1.54, 1.807) is 42.6 Å². The molecule has 0 atom stereocenters. The number of anilines is 4. The molecule has 0 bridgehead atoms. The lowest BCUT2D eigenvalue weighted by molar-refractivity contribution is 0.412. The molecular formula is C20H18FN5O3. The van der Waals surface area contributed by atoms with Gasteiger partial charge in [-0.25, -0.2) is 14.2 Å². The monoisotopic (exact) mass is 395 g/mol. The molecule has 148 valence electrons. The number of alkyl halides is 1. The van der Waals surface area contributed by atoms with Crippen LogP contribution < -0.4 is 21.1 Å². The minimum absolute atomic E-state index is 0.342. The Morgan fingerprint density at radius 3 is 2.83 bits per heavy atom. The highest BCUT2D eigenvalue weighted by atomic mass is 19.1. The van der Waals surface area contributed by atoms with Gasteiger partial charge in [-0.1, -0.05) is 0 Å². The van der Waals surface area contributed by atoms with Gasteiger partial charge in [0.1, 0.15) is 18.2 Å². The van der Waals surface area contributed by atoms with Crippen LogP contribution in [-0.4, -0.2) is 22.1 Å². The van der Waals surface area contributed by atoms with Crippen LogP contribution in [0.4, 0.5) is 27.5 Å². The molecule has 2 aromatic heterocycles. The van der Waals surface area contributed by atoms with Crippen LogP contribution in [0, 0.1) is 6.92 Å². The zero-order valence-electron chi connectivity index (χ0n) is 15.7. The fraction of sp³-hybridized carbons (Fsp3) is 0.150. The van der Waals surface area contributed by atoms with Gasteiger partial charge in [0.05, 0.1) is 12.6 Å². The van der Waals surface area contributed by atoms with Gasteiger partial charge in [0.2, 0.25) is 5.95 Å². The Morgan fingerprint density at radius 2 is 2.03 bits per heavy atom. The first kappa shape index (κ1) is 18.5. The van der Waals surface area contributed by atoms with Gasteiger partial charge in [-0.05, 0) is 42.8 Å². The average Bonchev–Trinajstić information content (AvgIpc) is 3.09. The van der Waals surface area contributed by atoms with Crippen molar-refractivity contribution in [3.8, 4) is 5.75 Å². The minimum Gasteiger partial charge on any atom is -0.497 e. The fourth-order valence-corrected chi connectivity index (χ4v) is 2.85. The quantitative estimate of drug-likeness (QED) is 0.450. The lowest BCUT2D eigenvalue weighted by Crippen LogP contribution is -2.03. The SMILES string of the molecule is COc1cc(CF)cc(Nc2ncc(C)c(Nc3ccc4oc(=O)[nH]c4c3)n2)c1. The van der Waals surface area contributed by atoms with Crippen molar-refractivity contribution >= 4 is 34.2 Å². The van der Waals surface area contributed by atoms with Gasteiger partial charge in [-0.15, -0.1) is 0 Å². The first-order valence-corrected chi connectivity index (χ1v) is 8.78. The number of rotatable bonds is 6. The lowest BCUT2D eigenvalue weighted by Gasteiger charge is -2.12. The van der Waals surface area contributed by atoms with Crippen molar-refractivity contribution in [2.24, 2.45) is 0 Å². The van der Waals surface area contributed by atoms with Gasteiger partial charge in [0.15, 0.2) is 5.58 Å². The first-order chi connectivity index (χ1) is 14.0. The van der Waals surface area contributed by atoms with Gasteiger partial charge in [0, 0.05) is 29.2 Å². The summed E-state index contributed by atoms with van der Waals surface area (Å²) in [4.78, 5) is 22.7. The maximum absolute atomic E-state index is 13.1. The smallest absolute Gasteiger partial charge is 0.417 e. The maximum Gasteiger partial charge on any atom is 0.417 e. The van der Waals surface area contributed by atoms with Crippen molar-refractivity contribution in [3.63, 3.8) is 0 Å². The van der Waals surface area contributed by atoms with E-state index in [1.807, 2.05) is 6.92 Å². The van der Waals surface area contributed by atoms with E-state index in [-0.39, 0.29) is 0 Å². The number of benzene rings is 2. The molecular weight excluding hydrogens is 377 g/mol. The van der Waals surface area contributed by atoms with Gasteiger partial charge < -0.3 is 19.8 Å². The summed E-state index contributed by atoms with van der Waals surface area (Å²) in [5, 5.41) is 6.27. The third-order valence-corrected chi connectivity index (χ3v) is 4.27. The number of H-pyrrole nitrogens is 1. The Morgan fingerprint density at radius 1 is 1.17 bits per heavy atom. The summed E-state index contributed by atoms with van der Waals surface area (Å²) in [5.74, 6) is 0.957. The highest BCUT2D eigenvalue weighted by molar-refractivity contribution is 5.78.